The number of hydrogen-bond donors (Lipinski definition) is 1. The minimum absolute atomic E-state index is 0.0347. The molecule has 1 aromatic heterocycles. The minimum Gasteiger partial charge on any atom is -0.403 e. The summed E-state index contributed by atoms with van der Waals surface area (Å²) in [5.74, 6) is -0.719. The molecule has 4 heterocycles. The van der Waals surface area contributed by atoms with Gasteiger partial charge in [-0.1, -0.05) is 28.8 Å². The Morgan fingerprint density at radius 2 is 1.78 bits per heavy atom. The molecular weight excluding hydrogens is 506 g/mol. The molecular formula is C24H24ClN5O5S. The van der Waals surface area contributed by atoms with Crippen molar-refractivity contribution in [2.75, 3.05) is 28.8 Å². The van der Waals surface area contributed by atoms with E-state index in [0.29, 0.717) is 29.8 Å². The Labute approximate surface area is 212 Å². The van der Waals surface area contributed by atoms with Crippen LogP contribution >= 0.6 is 11.6 Å². The zero-order valence-electron chi connectivity index (χ0n) is 19.2. The van der Waals surface area contributed by atoms with Gasteiger partial charge >= 0.3 is 6.01 Å². The summed E-state index contributed by atoms with van der Waals surface area (Å²) in [5, 5.41) is 9.05. The van der Waals surface area contributed by atoms with Crippen molar-refractivity contribution in [3.63, 3.8) is 0 Å². The Morgan fingerprint density at radius 3 is 2.50 bits per heavy atom. The van der Waals surface area contributed by atoms with Crippen LogP contribution in [-0.4, -0.2) is 61.6 Å². The lowest BCUT2D eigenvalue weighted by Crippen LogP contribution is -2.46. The van der Waals surface area contributed by atoms with E-state index in [1.807, 2.05) is 0 Å². The van der Waals surface area contributed by atoms with Gasteiger partial charge in [0, 0.05) is 10.6 Å². The lowest BCUT2D eigenvalue weighted by atomic mass is 10.1. The molecule has 0 spiro atoms. The van der Waals surface area contributed by atoms with E-state index in [0.717, 1.165) is 18.4 Å². The van der Waals surface area contributed by atoms with Crippen LogP contribution in [0.1, 0.15) is 18.4 Å². The molecule has 2 aromatic carbocycles. The maximum atomic E-state index is 13.2. The zero-order valence-corrected chi connectivity index (χ0v) is 20.8. The molecule has 3 aliphatic rings. The molecule has 36 heavy (non-hydrogen) atoms. The molecule has 2 saturated heterocycles. The van der Waals surface area contributed by atoms with Gasteiger partial charge in [0.05, 0.1) is 54.2 Å². The zero-order chi connectivity index (χ0) is 25.0. The normalized spacial score (nSPS) is 25.1. The van der Waals surface area contributed by atoms with E-state index in [2.05, 4.69) is 15.1 Å². The van der Waals surface area contributed by atoms with E-state index in [1.165, 1.54) is 11.0 Å². The lowest BCUT2D eigenvalue weighted by molar-refractivity contribution is -0.119. The van der Waals surface area contributed by atoms with Crippen LogP contribution in [-0.2, 0) is 25.9 Å². The summed E-state index contributed by atoms with van der Waals surface area (Å²) in [5.41, 5.74) is 7.53. The molecule has 0 unspecified atom stereocenters. The Balaban J connectivity index is 1.40. The number of anilines is 2. The number of rotatable bonds is 4. The summed E-state index contributed by atoms with van der Waals surface area (Å²) in [6.45, 7) is 1.36. The molecule has 12 heteroatoms. The Kier molecular flexibility index (Phi) is 5.75. The van der Waals surface area contributed by atoms with E-state index in [-0.39, 0.29) is 35.1 Å². The summed E-state index contributed by atoms with van der Waals surface area (Å²) in [7, 11) is -3.81. The number of benzene rings is 2. The van der Waals surface area contributed by atoms with Crippen molar-refractivity contribution in [3.05, 3.63) is 53.1 Å². The summed E-state index contributed by atoms with van der Waals surface area (Å²) in [6.07, 6.45) is 2.00. The molecule has 0 radical (unpaired) electrons. The fourth-order valence-corrected chi connectivity index (χ4v) is 6.84. The fraction of sp³-hybridized carbons (Fsp3) is 0.375. The Bertz CT molecular complexity index is 1410. The van der Waals surface area contributed by atoms with Gasteiger partial charge in [-0.3, -0.25) is 4.79 Å². The van der Waals surface area contributed by atoms with Crippen LogP contribution < -0.4 is 15.5 Å². The first-order chi connectivity index (χ1) is 17.3. The number of nitrogens with zero attached hydrogens (tertiary/aromatic N) is 4. The standard InChI is InChI=1S/C24H24ClN5O5S/c25-16-4-1-14(2-5-16)10-29-20-9-15(3-8-21(20)36(32,33)13-19(26)23(29)31)22-27-28-24(35-22)30-17-6-7-18(30)12-34-11-17/h1-5,8-9,17-19H,6-7,10-13,26H2/t17-,18+,19-/m0/s1. The first-order valence-electron chi connectivity index (χ1n) is 11.7. The van der Waals surface area contributed by atoms with Crippen molar-refractivity contribution in [1.82, 2.24) is 10.2 Å². The van der Waals surface area contributed by atoms with Crippen LogP contribution in [0.2, 0.25) is 5.02 Å². The van der Waals surface area contributed by atoms with Crippen molar-refractivity contribution in [2.24, 2.45) is 5.73 Å². The number of ether oxygens (including phenoxy) is 1. The molecule has 1 amide bonds. The smallest absolute Gasteiger partial charge is 0.319 e. The van der Waals surface area contributed by atoms with Crippen LogP contribution in [0.25, 0.3) is 11.5 Å². The first-order valence-corrected chi connectivity index (χ1v) is 13.7. The second-order valence-corrected chi connectivity index (χ2v) is 11.8. The monoisotopic (exact) mass is 529 g/mol. The van der Waals surface area contributed by atoms with Gasteiger partial charge in [-0.05, 0) is 48.7 Å². The number of morpholine rings is 1. The fourth-order valence-electron chi connectivity index (χ4n) is 5.15. The van der Waals surface area contributed by atoms with Gasteiger partial charge in [0.2, 0.25) is 11.8 Å². The summed E-state index contributed by atoms with van der Waals surface area (Å²) >= 11 is 6.01. The predicted molar refractivity (Wildman–Crippen MR) is 133 cm³/mol. The highest BCUT2D eigenvalue weighted by Crippen LogP contribution is 2.37. The molecule has 10 nitrogen and oxygen atoms in total. The highest BCUT2D eigenvalue weighted by molar-refractivity contribution is 7.91. The summed E-state index contributed by atoms with van der Waals surface area (Å²) in [4.78, 5) is 16.8. The maximum absolute atomic E-state index is 13.2. The highest BCUT2D eigenvalue weighted by Gasteiger charge is 2.41. The van der Waals surface area contributed by atoms with Crippen molar-refractivity contribution < 1.29 is 22.4 Å². The molecule has 0 aliphatic carbocycles. The molecule has 3 atom stereocenters. The average molecular weight is 530 g/mol. The van der Waals surface area contributed by atoms with Crippen molar-refractivity contribution in [2.45, 2.75) is 42.4 Å². The third-order valence-corrected chi connectivity index (χ3v) is 9.01. The number of amides is 1. The van der Waals surface area contributed by atoms with Gasteiger partial charge in [-0.15, -0.1) is 5.10 Å². The van der Waals surface area contributed by atoms with Crippen LogP contribution in [0, 0.1) is 0 Å². The summed E-state index contributed by atoms with van der Waals surface area (Å²) in [6, 6.07) is 11.3. The largest absolute Gasteiger partial charge is 0.403 e. The minimum atomic E-state index is -3.81. The Morgan fingerprint density at radius 1 is 1.06 bits per heavy atom. The topological polar surface area (TPSA) is 132 Å². The van der Waals surface area contributed by atoms with E-state index in [9.17, 15) is 13.2 Å². The molecule has 2 fully saturated rings. The molecule has 3 aromatic rings. The molecule has 188 valence electrons. The van der Waals surface area contributed by atoms with E-state index in [4.69, 9.17) is 26.5 Å². The number of fused-ring (bicyclic) bond motifs is 3. The number of aromatic nitrogens is 2. The number of nitrogens with two attached hydrogens (primary N) is 1. The van der Waals surface area contributed by atoms with Crippen LogP contribution in [0.5, 0.6) is 0 Å². The van der Waals surface area contributed by atoms with Gasteiger partial charge in [0.25, 0.3) is 0 Å². The number of carbonyl (C=O) groups is 1. The highest BCUT2D eigenvalue weighted by atomic mass is 35.5. The number of carbonyl (C=O) groups excluding carboxylic acids is 1. The van der Waals surface area contributed by atoms with Crippen LogP contribution in [0.3, 0.4) is 0 Å². The van der Waals surface area contributed by atoms with E-state index in [1.54, 1.807) is 36.4 Å². The first kappa shape index (κ1) is 23.4. The van der Waals surface area contributed by atoms with Crippen LogP contribution in [0.4, 0.5) is 11.7 Å². The van der Waals surface area contributed by atoms with Crippen LogP contribution in [0.15, 0.2) is 51.8 Å². The predicted octanol–water partition coefficient (Wildman–Crippen LogP) is 2.41. The average Bonchev–Trinajstić information content (AvgIpc) is 3.42. The number of hydrogen-bond acceptors (Lipinski definition) is 9. The molecule has 2 bridgehead atoms. The lowest BCUT2D eigenvalue weighted by Gasteiger charge is -2.32. The van der Waals surface area contributed by atoms with Crippen molar-refractivity contribution >= 4 is 39.0 Å². The van der Waals surface area contributed by atoms with Gasteiger partial charge in [-0.25, -0.2) is 8.42 Å². The Hall–Kier alpha value is -2.99. The molecule has 3 aliphatic heterocycles. The molecule has 0 saturated carbocycles. The number of sulfone groups is 1. The van der Waals surface area contributed by atoms with Gasteiger partial charge in [0.15, 0.2) is 9.84 Å². The number of halogens is 1. The van der Waals surface area contributed by atoms with Crippen molar-refractivity contribution in [3.8, 4) is 11.5 Å². The SMILES string of the molecule is N[C@H]1CS(=O)(=O)c2ccc(-c3nnc(N4[C@@H]5CC[C@H]4COC5)o3)cc2N(Cc2ccc(Cl)cc2)C1=O. The van der Waals surface area contributed by atoms with E-state index < -0.39 is 27.5 Å². The third kappa shape index (κ3) is 4.05. The quantitative estimate of drug-likeness (QED) is 0.541. The van der Waals surface area contributed by atoms with Gasteiger partial charge in [-0.2, -0.15) is 0 Å². The van der Waals surface area contributed by atoms with Gasteiger partial charge < -0.3 is 24.7 Å². The summed E-state index contributed by atoms with van der Waals surface area (Å²) < 4.78 is 37.8. The molecule has 2 N–H and O–H groups in total. The third-order valence-electron chi connectivity index (χ3n) is 6.94. The second-order valence-electron chi connectivity index (χ2n) is 9.34. The second kappa shape index (κ2) is 8.84. The van der Waals surface area contributed by atoms with Gasteiger partial charge in [0.1, 0.15) is 0 Å². The maximum Gasteiger partial charge on any atom is 0.319 e. The molecule has 6 rings (SSSR count). The van der Waals surface area contributed by atoms with Crippen molar-refractivity contribution in [1.29, 1.82) is 0 Å². The van der Waals surface area contributed by atoms with E-state index >= 15 is 0 Å².